The van der Waals surface area contributed by atoms with Crippen LogP contribution in [0.5, 0.6) is 0 Å². The summed E-state index contributed by atoms with van der Waals surface area (Å²) in [6.07, 6.45) is 1.57. The van der Waals surface area contributed by atoms with E-state index in [2.05, 4.69) is 5.32 Å². The minimum Gasteiger partial charge on any atom is -0.480 e. The molecule has 1 rings (SSSR count). The molecule has 6 nitrogen and oxygen atoms in total. The van der Waals surface area contributed by atoms with E-state index in [9.17, 15) is 9.59 Å². The number of rotatable bonds is 5. The molecule has 92 valence electrons. The van der Waals surface area contributed by atoms with Crippen LogP contribution in [0.4, 0.5) is 0 Å². The number of carboxylic acids is 1. The molecule has 0 saturated carbocycles. The third-order valence-electron chi connectivity index (χ3n) is 2.48. The summed E-state index contributed by atoms with van der Waals surface area (Å²) in [5.74, 6) is -1.61. The number of methoxy groups -OCH3 is 1. The Balaban J connectivity index is 2.43. The summed E-state index contributed by atoms with van der Waals surface area (Å²) in [5, 5.41) is 11.3. The third-order valence-corrected chi connectivity index (χ3v) is 2.48. The van der Waals surface area contributed by atoms with Crippen LogP contribution in [0.15, 0.2) is 0 Å². The highest BCUT2D eigenvalue weighted by Gasteiger charge is 2.26. The lowest BCUT2D eigenvalue weighted by atomic mass is 10.0. The molecule has 2 N–H and O–H groups in total. The van der Waals surface area contributed by atoms with E-state index in [1.165, 1.54) is 7.11 Å². The first-order valence-corrected chi connectivity index (χ1v) is 5.25. The Kier molecular flexibility index (Phi) is 5.21. The minimum absolute atomic E-state index is 0.0331. The number of carbonyl (C=O) groups excluding carboxylic acids is 1. The van der Waals surface area contributed by atoms with Crippen molar-refractivity contribution in [3.8, 4) is 0 Å². The molecule has 1 aliphatic heterocycles. The normalized spacial score (nSPS) is 22.4. The number of hydrogen-bond acceptors (Lipinski definition) is 4. The molecule has 0 bridgehead atoms. The largest absolute Gasteiger partial charge is 0.480 e. The Labute approximate surface area is 93.9 Å². The average molecular weight is 231 g/mol. The second-order valence-corrected chi connectivity index (χ2v) is 3.77. The first-order chi connectivity index (χ1) is 7.65. The van der Waals surface area contributed by atoms with Crippen LogP contribution < -0.4 is 5.32 Å². The van der Waals surface area contributed by atoms with Crippen molar-refractivity contribution in [3.05, 3.63) is 0 Å². The molecule has 6 heteroatoms. The topological polar surface area (TPSA) is 84.9 Å². The molecule has 0 spiro atoms. The van der Waals surface area contributed by atoms with E-state index in [1.54, 1.807) is 0 Å². The predicted molar refractivity (Wildman–Crippen MR) is 55.0 cm³/mol. The van der Waals surface area contributed by atoms with Gasteiger partial charge in [0.15, 0.2) is 6.04 Å². The van der Waals surface area contributed by atoms with Gasteiger partial charge in [0.25, 0.3) is 0 Å². The Bertz CT molecular complexity index is 250. The van der Waals surface area contributed by atoms with E-state index in [1.807, 2.05) is 0 Å². The number of nitrogens with one attached hydrogen (secondary N) is 1. The maximum atomic E-state index is 11.7. The molecule has 0 radical (unpaired) electrons. The molecule has 1 aliphatic rings. The van der Waals surface area contributed by atoms with Crippen LogP contribution in [0.2, 0.25) is 0 Å². The molecule has 0 aromatic heterocycles. The van der Waals surface area contributed by atoms with Crippen LogP contribution in [0.3, 0.4) is 0 Å². The molecule has 1 heterocycles. The highest BCUT2D eigenvalue weighted by molar-refractivity contribution is 5.85. The molecule has 0 aromatic carbocycles. The maximum absolute atomic E-state index is 11.7. The van der Waals surface area contributed by atoms with Crippen molar-refractivity contribution >= 4 is 11.9 Å². The van der Waals surface area contributed by atoms with E-state index in [0.29, 0.717) is 13.2 Å². The number of carboxylic acid groups (broad SMARTS) is 1. The van der Waals surface area contributed by atoms with Crippen molar-refractivity contribution in [3.63, 3.8) is 0 Å². The molecule has 16 heavy (non-hydrogen) atoms. The van der Waals surface area contributed by atoms with Crippen molar-refractivity contribution in [1.82, 2.24) is 5.32 Å². The SMILES string of the molecule is COCC(NC(=O)C1CCCOC1)C(=O)O. The van der Waals surface area contributed by atoms with Crippen molar-refractivity contribution in [2.75, 3.05) is 26.9 Å². The fourth-order valence-electron chi connectivity index (χ4n) is 1.58. The second kappa shape index (κ2) is 6.44. The smallest absolute Gasteiger partial charge is 0.328 e. The zero-order valence-corrected chi connectivity index (χ0v) is 9.27. The Morgan fingerprint density at radius 2 is 2.38 bits per heavy atom. The van der Waals surface area contributed by atoms with Gasteiger partial charge in [-0.1, -0.05) is 0 Å². The number of amides is 1. The molecule has 2 atom stereocenters. The van der Waals surface area contributed by atoms with E-state index in [4.69, 9.17) is 14.6 Å². The van der Waals surface area contributed by atoms with Gasteiger partial charge in [-0.3, -0.25) is 4.79 Å². The first kappa shape index (κ1) is 12.9. The molecule has 1 saturated heterocycles. The lowest BCUT2D eigenvalue weighted by Gasteiger charge is -2.23. The Hall–Kier alpha value is -1.14. The van der Waals surface area contributed by atoms with Crippen LogP contribution in [-0.2, 0) is 19.1 Å². The van der Waals surface area contributed by atoms with Crippen LogP contribution in [0.1, 0.15) is 12.8 Å². The minimum atomic E-state index is -1.09. The van der Waals surface area contributed by atoms with Gasteiger partial charge in [-0.05, 0) is 12.8 Å². The van der Waals surface area contributed by atoms with Crippen molar-refractivity contribution in [2.24, 2.45) is 5.92 Å². The molecule has 2 unspecified atom stereocenters. The standard InChI is InChI=1S/C10H17NO5/c1-15-6-8(10(13)14)11-9(12)7-3-2-4-16-5-7/h7-8H,2-6H2,1H3,(H,11,12)(H,13,14). The van der Waals surface area contributed by atoms with Gasteiger partial charge in [-0.15, -0.1) is 0 Å². The molecule has 1 amide bonds. The Morgan fingerprint density at radius 3 is 2.88 bits per heavy atom. The summed E-state index contributed by atoms with van der Waals surface area (Å²) < 4.78 is 9.89. The number of carbonyl (C=O) groups is 2. The zero-order chi connectivity index (χ0) is 12.0. The predicted octanol–water partition coefficient (Wildman–Crippen LogP) is -0.371. The average Bonchev–Trinajstić information content (AvgIpc) is 2.29. The van der Waals surface area contributed by atoms with Gasteiger partial charge in [0.05, 0.1) is 19.1 Å². The summed E-state index contributed by atoms with van der Waals surface area (Å²) in [7, 11) is 1.39. The van der Waals surface area contributed by atoms with E-state index < -0.39 is 12.0 Å². The van der Waals surface area contributed by atoms with Crippen molar-refractivity contribution in [1.29, 1.82) is 0 Å². The molecular weight excluding hydrogens is 214 g/mol. The number of hydrogen-bond donors (Lipinski definition) is 2. The van der Waals surface area contributed by atoms with E-state index in [-0.39, 0.29) is 18.4 Å². The quantitative estimate of drug-likeness (QED) is 0.674. The van der Waals surface area contributed by atoms with Gasteiger partial charge in [0.1, 0.15) is 0 Å². The van der Waals surface area contributed by atoms with Crippen LogP contribution in [-0.4, -0.2) is 50.0 Å². The molecular formula is C10H17NO5. The summed E-state index contributed by atoms with van der Waals surface area (Å²) in [4.78, 5) is 22.5. The molecule has 0 aromatic rings. The zero-order valence-electron chi connectivity index (χ0n) is 9.27. The maximum Gasteiger partial charge on any atom is 0.328 e. The van der Waals surface area contributed by atoms with Gasteiger partial charge in [-0.25, -0.2) is 4.79 Å². The third kappa shape index (κ3) is 3.79. The van der Waals surface area contributed by atoms with Gasteiger partial charge < -0.3 is 19.9 Å². The van der Waals surface area contributed by atoms with E-state index >= 15 is 0 Å². The first-order valence-electron chi connectivity index (χ1n) is 5.25. The second-order valence-electron chi connectivity index (χ2n) is 3.77. The summed E-state index contributed by atoms with van der Waals surface area (Å²) in [5.41, 5.74) is 0. The lowest BCUT2D eigenvalue weighted by Crippen LogP contribution is -2.47. The van der Waals surface area contributed by atoms with Gasteiger partial charge in [0.2, 0.25) is 5.91 Å². The summed E-state index contributed by atoms with van der Waals surface area (Å²) in [6.45, 7) is 1.00. The van der Waals surface area contributed by atoms with Gasteiger partial charge in [-0.2, -0.15) is 0 Å². The molecule has 1 fully saturated rings. The number of aliphatic carboxylic acids is 1. The van der Waals surface area contributed by atoms with Crippen LogP contribution in [0, 0.1) is 5.92 Å². The highest BCUT2D eigenvalue weighted by atomic mass is 16.5. The lowest BCUT2D eigenvalue weighted by molar-refractivity contribution is -0.144. The van der Waals surface area contributed by atoms with Crippen LogP contribution in [0.25, 0.3) is 0 Å². The molecule has 0 aliphatic carbocycles. The van der Waals surface area contributed by atoms with E-state index in [0.717, 1.165) is 12.8 Å². The number of ether oxygens (including phenoxy) is 2. The van der Waals surface area contributed by atoms with Gasteiger partial charge >= 0.3 is 5.97 Å². The highest BCUT2D eigenvalue weighted by Crippen LogP contribution is 2.13. The summed E-state index contributed by atoms with van der Waals surface area (Å²) in [6, 6.07) is -0.987. The van der Waals surface area contributed by atoms with Gasteiger partial charge in [0, 0.05) is 13.7 Å². The van der Waals surface area contributed by atoms with Crippen molar-refractivity contribution in [2.45, 2.75) is 18.9 Å². The summed E-state index contributed by atoms with van der Waals surface area (Å²) >= 11 is 0. The fraction of sp³-hybridized carbons (Fsp3) is 0.800. The van der Waals surface area contributed by atoms with Crippen LogP contribution >= 0.6 is 0 Å². The Morgan fingerprint density at radius 1 is 1.62 bits per heavy atom. The van der Waals surface area contributed by atoms with Crippen molar-refractivity contribution < 1.29 is 24.2 Å². The monoisotopic (exact) mass is 231 g/mol. The fourth-order valence-corrected chi connectivity index (χ4v) is 1.58.